The Hall–Kier alpha value is -2.25. The third-order valence-electron chi connectivity index (χ3n) is 4.96. The molecule has 0 bridgehead atoms. The van der Waals surface area contributed by atoms with Crippen molar-refractivity contribution < 1.29 is 14.4 Å². The molecule has 3 amide bonds. The Kier molecular flexibility index (Phi) is 5.68. The maximum atomic E-state index is 13.0. The van der Waals surface area contributed by atoms with Crippen LogP contribution < -0.4 is 16.0 Å². The summed E-state index contributed by atoms with van der Waals surface area (Å²) in [4.78, 5) is 38.1. The van der Waals surface area contributed by atoms with Gasteiger partial charge in [-0.1, -0.05) is 25.1 Å². The summed E-state index contributed by atoms with van der Waals surface area (Å²) in [7, 11) is 0. The Morgan fingerprint density at radius 1 is 1.31 bits per heavy atom. The Morgan fingerprint density at radius 3 is 2.85 bits per heavy atom. The molecular weight excluding hydrogens is 332 g/mol. The van der Waals surface area contributed by atoms with Crippen LogP contribution in [0.1, 0.15) is 48.2 Å². The Morgan fingerprint density at radius 2 is 2.12 bits per heavy atom. The average molecular weight is 358 g/mol. The number of likely N-dealkylation sites (N-methyl/N-ethyl adjacent to an activating group) is 1. The van der Waals surface area contributed by atoms with Gasteiger partial charge in [-0.05, 0) is 31.0 Å². The van der Waals surface area contributed by atoms with Crippen LogP contribution in [0.15, 0.2) is 18.2 Å². The van der Waals surface area contributed by atoms with E-state index in [1.54, 1.807) is 4.90 Å². The molecule has 1 aromatic rings. The average Bonchev–Trinajstić information content (AvgIpc) is 2.93. The summed E-state index contributed by atoms with van der Waals surface area (Å²) in [6.07, 6.45) is 0.658. The van der Waals surface area contributed by atoms with Crippen molar-refractivity contribution in [1.82, 2.24) is 20.9 Å². The number of piperidine rings is 1. The summed E-state index contributed by atoms with van der Waals surface area (Å²) in [6, 6.07) is 5.62. The highest BCUT2D eigenvalue weighted by atomic mass is 16.2. The second-order valence-corrected chi connectivity index (χ2v) is 6.94. The summed E-state index contributed by atoms with van der Waals surface area (Å²) < 4.78 is 0. The van der Waals surface area contributed by atoms with Crippen molar-refractivity contribution in [2.24, 2.45) is 0 Å². The van der Waals surface area contributed by atoms with Crippen molar-refractivity contribution >= 4 is 17.7 Å². The number of carbonyl (C=O) groups excluding carboxylic acids is 3. The lowest BCUT2D eigenvalue weighted by atomic mass is 10.0. The molecule has 1 unspecified atom stereocenters. The Labute approximate surface area is 153 Å². The molecule has 0 saturated carbocycles. The lowest BCUT2D eigenvalue weighted by Crippen LogP contribution is -2.52. The first-order chi connectivity index (χ1) is 12.5. The smallest absolute Gasteiger partial charge is 0.255 e. The molecule has 1 saturated heterocycles. The number of carbonyl (C=O) groups is 3. The first kappa shape index (κ1) is 18.5. The van der Waals surface area contributed by atoms with E-state index in [1.807, 2.05) is 18.2 Å². The third kappa shape index (κ3) is 3.78. The second kappa shape index (κ2) is 7.97. The lowest BCUT2D eigenvalue weighted by Gasteiger charge is -2.29. The van der Waals surface area contributed by atoms with Crippen LogP contribution >= 0.6 is 0 Å². The minimum absolute atomic E-state index is 0.119. The fourth-order valence-corrected chi connectivity index (χ4v) is 3.68. The molecule has 0 spiro atoms. The maximum absolute atomic E-state index is 13.0. The monoisotopic (exact) mass is 358 g/mol. The number of nitrogens with zero attached hydrogens (tertiary/aromatic N) is 1. The molecule has 2 aliphatic rings. The fraction of sp³-hybridized carbons (Fsp3) is 0.526. The standard InChI is InChI=1S/C19H26N4O3/c1-3-21-12(2)9-20-10-13-5-4-6-14-11-23(19(26)17(13)14)15-7-8-16(24)22-18(15)25/h4-6,12,15,20-21H,3,7-11H2,1-2H3,(H,22,24,25)/t12-,15?/m0/s1. The normalized spacial score (nSPS) is 20.9. The number of benzene rings is 1. The predicted molar refractivity (Wildman–Crippen MR) is 97.3 cm³/mol. The van der Waals surface area contributed by atoms with Gasteiger partial charge in [-0.2, -0.15) is 0 Å². The van der Waals surface area contributed by atoms with Gasteiger partial charge in [0, 0.05) is 37.7 Å². The SMILES string of the molecule is CCN[C@@H](C)CNCc1cccc2c1C(=O)N(C1CCC(=O)NC1=O)C2. The van der Waals surface area contributed by atoms with Crippen LogP contribution in [0.25, 0.3) is 0 Å². The van der Waals surface area contributed by atoms with E-state index in [-0.39, 0.29) is 24.1 Å². The molecule has 1 aromatic carbocycles. The van der Waals surface area contributed by atoms with E-state index in [4.69, 9.17) is 0 Å². The zero-order valence-corrected chi connectivity index (χ0v) is 15.3. The van der Waals surface area contributed by atoms with E-state index >= 15 is 0 Å². The molecule has 7 nitrogen and oxygen atoms in total. The molecule has 3 rings (SSSR count). The number of rotatable bonds is 7. The van der Waals surface area contributed by atoms with E-state index in [0.717, 1.165) is 24.2 Å². The summed E-state index contributed by atoms with van der Waals surface area (Å²) in [5, 5.41) is 9.07. The quantitative estimate of drug-likeness (QED) is 0.619. The zero-order chi connectivity index (χ0) is 18.7. The number of nitrogens with one attached hydrogen (secondary N) is 3. The van der Waals surface area contributed by atoms with Crippen molar-refractivity contribution in [3.8, 4) is 0 Å². The molecule has 2 heterocycles. The van der Waals surface area contributed by atoms with Crippen molar-refractivity contribution in [1.29, 1.82) is 0 Å². The summed E-state index contributed by atoms with van der Waals surface area (Å²) >= 11 is 0. The Bertz CT molecular complexity index is 719. The van der Waals surface area contributed by atoms with Gasteiger partial charge >= 0.3 is 0 Å². The minimum Gasteiger partial charge on any atom is -0.322 e. The highest BCUT2D eigenvalue weighted by molar-refractivity contribution is 6.05. The lowest BCUT2D eigenvalue weighted by molar-refractivity contribution is -0.136. The van der Waals surface area contributed by atoms with Crippen molar-refractivity contribution in [3.05, 3.63) is 34.9 Å². The van der Waals surface area contributed by atoms with Crippen LogP contribution in [0, 0.1) is 0 Å². The van der Waals surface area contributed by atoms with E-state index in [9.17, 15) is 14.4 Å². The number of fused-ring (bicyclic) bond motifs is 1. The molecule has 0 radical (unpaired) electrons. The van der Waals surface area contributed by atoms with Crippen LogP contribution in [0.2, 0.25) is 0 Å². The topological polar surface area (TPSA) is 90.5 Å². The van der Waals surface area contributed by atoms with E-state index in [1.165, 1.54) is 0 Å². The summed E-state index contributed by atoms with van der Waals surface area (Å²) in [5.41, 5.74) is 2.59. The van der Waals surface area contributed by atoms with E-state index < -0.39 is 6.04 Å². The predicted octanol–water partition coefficient (Wildman–Crippen LogP) is 0.535. The van der Waals surface area contributed by atoms with Gasteiger partial charge in [-0.15, -0.1) is 0 Å². The highest BCUT2D eigenvalue weighted by Crippen LogP contribution is 2.29. The Balaban J connectivity index is 1.70. The number of hydrogen-bond donors (Lipinski definition) is 3. The maximum Gasteiger partial charge on any atom is 0.255 e. The number of imide groups is 1. The first-order valence-electron chi connectivity index (χ1n) is 9.20. The largest absolute Gasteiger partial charge is 0.322 e. The van der Waals surface area contributed by atoms with Gasteiger partial charge in [0.2, 0.25) is 11.8 Å². The molecule has 26 heavy (non-hydrogen) atoms. The van der Waals surface area contributed by atoms with Crippen LogP contribution in [-0.2, 0) is 22.7 Å². The van der Waals surface area contributed by atoms with Crippen LogP contribution in [0.3, 0.4) is 0 Å². The van der Waals surface area contributed by atoms with Gasteiger partial charge in [-0.25, -0.2) is 0 Å². The van der Waals surface area contributed by atoms with Crippen LogP contribution in [0.5, 0.6) is 0 Å². The molecule has 2 atom stereocenters. The van der Waals surface area contributed by atoms with Gasteiger partial charge in [0.25, 0.3) is 5.91 Å². The molecule has 2 aliphatic heterocycles. The van der Waals surface area contributed by atoms with E-state index in [2.05, 4.69) is 29.8 Å². The van der Waals surface area contributed by atoms with Gasteiger partial charge in [0.05, 0.1) is 0 Å². The van der Waals surface area contributed by atoms with Crippen molar-refractivity contribution in [2.45, 2.75) is 51.9 Å². The molecule has 0 aromatic heterocycles. The van der Waals surface area contributed by atoms with Gasteiger partial charge in [0.15, 0.2) is 0 Å². The van der Waals surface area contributed by atoms with Crippen LogP contribution in [0.4, 0.5) is 0 Å². The van der Waals surface area contributed by atoms with Gasteiger partial charge < -0.3 is 15.5 Å². The molecular formula is C19H26N4O3. The van der Waals surface area contributed by atoms with E-state index in [0.29, 0.717) is 31.1 Å². The molecule has 7 heteroatoms. The first-order valence-corrected chi connectivity index (χ1v) is 9.20. The van der Waals surface area contributed by atoms with Crippen LogP contribution in [-0.4, -0.2) is 47.8 Å². The number of hydrogen-bond acceptors (Lipinski definition) is 5. The third-order valence-corrected chi connectivity index (χ3v) is 4.96. The molecule has 0 aliphatic carbocycles. The molecule has 3 N–H and O–H groups in total. The molecule has 1 fully saturated rings. The minimum atomic E-state index is -0.567. The second-order valence-electron chi connectivity index (χ2n) is 6.94. The summed E-state index contributed by atoms with van der Waals surface area (Å²) in [6.45, 7) is 6.94. The van der Waals surface area contributed by atoms with Crippen molar-refractivity contribution in [2.75, 3.05) is 13.1 Å². The number of amides is 3. The zero-order valence-electron chi connectivity index (χ0n) is 15.3. The highest BCUT2D eigenvalue weighted by Gasteiger charge is 2.39. The molecule has 140 valence electrons. The van der Waals surface area contributed by atoms with Gasteiger partial charge in [0.1, 0.15) is 6.04 Å². The van der Waals surface area contributed by atoms with Crippen molar-refractivity contribution in [3.63, 3.8) is 0 Å². The fourth-order valence-electron chi connectivity index (χ4n) is 3.68. The van der Waals surface area contributed by atoms with Gasteiger partial charge in [-0.3, -0.25) is 19.7 Å². The summed E-state index contributed by atoms with van der Waals surface area (Å²) in [5.74, 6) is -0.761.